The standard InChI is InChI=1S/C15H28O3/c1-2-14(16)12-10-8-6-4-3-5-7-9-11-13-15(17)18/h2-13H2,1H3,(H,17,18). The third kappa shape index (κ3) is 13.2. The van der Waals surface area contributed by atoms with E-state index in [1.807, 2.05) is 6.92 Å². The highest BCUT2D eigenvalue weighted by molar-refractivity contribution is 5.77. The first kappa shape index (κ1) is 17.1. The second kappa shape index (κ2) is 12.6. The van der Waals surface area contributed by atoms with Crippen LogP contribution in [0.25, 0.3) is 0 Å². The van der Waals surface area contributed by atoms with E-state index in [1.54, 1.807) is 0 Å². The monoisotopic (exact) mass is 256 g/mol. The van der Waals surface area contributed by atoms with Gasteiger partial charge in [-0.25, -0.2) is 0 Å². The Bertz CT molecular complexity index is 224. The lowest BCUT2D eigenvalue weighted by Gasteiger charge is -2.01. The van der Waals surface area contributed by atoms with Gasteiger partial charge in [0.25, 0.3) is 0 Å². The van der Waals surface area contributed by atoms with Crippen molar-refractivity contribution in [1.29, 1.82) is 0 Å². The maximum atomic E-state index is 11.1. The molecule has 0 aromatic rings. The van der Waals surface area contributed by atoms with Crippen LogP contribution in [-0.4, -0.2) is 16.9 Å². The van der Waals surface area contributed by atoms with Crippen LogP contribution in [0.2, 0.25) is 0 Å². The van der Waals surface area contributed by atoms with Crippen molar-refractivity contribution in [2.75, 3.05) is 0 Å². The lowest BCUT2D eigenvalue weighted by atomic mass is 10.0. The van der Waals surface area contributed by atoms with Crippen LogP contribution in [0.3, 0.4) is 0 Å². The number of aliphatic carboxylic acids is 1. The third-order valence-electron chi connectivity index (χ3n) is 3.24. The molecule has 0 spiro atoms. The molecule has 0 unspecified atom stereocenters. The summed E-state index contributed by atoms with van der Waals surface area (Å²) in [6.07, 6.45) is 11.9. The first-order valence-corrected chi connectivity index (χ1v) is 7.40. The molecule has 0 atom stereocenters. The molecular weight excluding hydrogens is 228 g/mol. The number of ketones is 1. The number of carboxylic acids is 1. The van der Waals surface area contributed by atoms with Gasteiger partial charge in [0.1, 0.15) is 5.78 Å². The van der Waals surface area contributed by atoms with Gasteiger partial charge in [0.2, 0.25) is 0 Å². The quantitative estimate of drug-likeness (QED) is 0.499. The largest absolute Gasteiger partial charge is 0.481 e. The van der Waals surface area contributed by atoms with Gasteiger partial charge >= 0.3 is 5.97 Å². The molecule has 3 heteroatoms. The van der Waals surface area contributed by atoms with Gasteiger partial charge in [-0.2, -0.15) is 0 Å². The molecule has 18 heavy (non-hydrogen) atoms. The molecule has 0 aliphatic heterocycles. The fraction of sp³-hybridized carbons (Fsp3) is 0.867. The Morgan fingerprint density at radius 1 is 0.722 bits per heavy atom. The molecule has 0 aliphatic rings. The van der Waals surface area contributed by atoms with Gasteiger partial charge in [-0.1, -0.05) is 51.9 Å². The highest BCUT2D eigenvalue weighted by atomic mass is 16.4. The summed E-state index contributed by atoms with van der Waals surface area (Å²) >= 11 is 0. The van der Waals surface area contributed by atoms with Gasteiger partial charge in [0.15, 0.2) is 0 Å². The molecule has 106 valence electrons. The fourth-order valence-electron chi connectivity index (χ4n) is 2.01. The lowest BCUT2D eigenvalue weighted by Crippen LogP contribution is -1.94. The van der Waals surface area contributed by atoms with Crippen molar-refractivity contribution in [3.8, 4) is 0 Å². The molecule has 0 rings (SSSR count). The van der Waals surface area contributed by atoms with Crippen LogP contribution in [0.4, 0.5) is 0 Å². The molecule has 3 nitrogen and oxygen atoms in total. The summed E-state index contributed by atoms with van der Waals surface area (Å²) in [5, 5.41) is 8.47. The minimum atomic E-state index is -0.684. The number of carbonyl (C=O) groups excluding carboxylic acids is 1. The van der Waals surface area contributed by atoms with E-state index >= 15 is 0 Å². The summed E-state index contributed by atoms with van der Waals surface area (Å²) in [7, 11) is 0. The number of carbonyl (C=O) groups is 2. The van der Waals surface area contributed by atoms with Crippen LogP contribution in [0.1, 0.15) is 84.0 Å². The Labute approximate surface area is 111 Å². The fourth-order valence-corrected chi connectivity index (χ4v) is 2.01. The highest BCUT2D eigenvalue weighted by Gasteiger charge is 1.98. The summed E-state index contributed by atoms with van der Waals surface area (Å²) in [5.74, 6) is -0.301. The van der Waals surface area contributed by atoms with E-state index in [1.165, 1.54) is 32.1 Å². The molecular formula is C15H28O3. The number of carboxylic acid groups (broad SMARTS) is 1. The van der Waals surface area contributed by atoms with Crippen molar-refractivity contribution in [3.05, 3.63) is 0 Å². The predicted octanol–water partition coefficient (Wildman–Crippen LogP) is 4.34. The van der Waals surface area contributed by atoms with Crippen molar-refractivity contribution < 1.29 is 14.7 Å². The van der Waals surface area contributed by atoms with E-state index in [4.69, 9.17) is 5.11 Å². The van der Waals surface area contributed by atoms with E-state index < -0.39 is 5.97 Å². The van der Waals surface area contributed by atoms with Crippen LogP contribution >= 0.6 is 0 Å². The average molecular weight is 256 g/mol. The smallest absolute Gasteiger partial charge is 0.303 e. The van der Waals surface area contributed by atoms with Crippen molar-refractivity contribution in [2.45, 2.75) is 84.0 Å². The van der Waals surface area contributed by atoms with E-state index in [-0.39, 0.29) is 0 Å². The van der Waals surface area contributed by atoms with Crippen LogP contribution in [0.5, 0.6) is 0 Å². The SMILES string of the molecule is CCC(=O)CCCCCCCCCCCC(=O)O. The Hall–Kier alpha value is -0.860. The van der Waals surface area contributed by atoms with Gasteiger partial charge in [0.05, 0.1) is 0 Å². The molecule has 0 fully saturated rings. The second-order valence-corrected chi connectivity index (χ2v) is 4.97. The van der Waals surface area contributed by atoms with Crippen LogP contribution in [0.15, 0.2) is 0 Å². The van der Waals surface area contributed by atoms with Gasteiger partial charge in [-0.3, -0.25) is 9.59 Å². The second-order valence-electron chi connectivity index (χ2n) is 4.97. The molecule has 0 bridgehead atoms. The Kier molecular flexibility index (Phi) is 12.0. The molecule has 1 N–H and O–H groups in total. The molecule has 0 aliphatic carbocycles. The van der Waals surface area contributed by atoms with Gasteiger partial charge in [-0.05, 0) is 12.8 Å². The molecule has 0 amide bonds. The Morgan fingerprint density at radius 2 is 1.11 bits per heavy atom. The third-order valence-corrected chi connectivity index (χ3v) is 3.24. The number of Topliss-reactive ketones (excluding diaryl/α,β-unsaturated/α-hetero) is 1. The molecule has 0 aromatic heterocycles. The van der Waals surface area contributed by atoms with Crippen molar-refractivity contribution in [1.82, 2.24) is 0 Å². The van der Waals surface area contributed by atoms with Crippen molar-refractivity contribution in [2.24, 2.45) is 0 Å². The van der Waals surface area contributed by atoms with E-state index in [9.17, 15) is 9.59 Å². The first-order chi connectivity index (χ1) is 8.66. The molecule has 0 saturated heterocycles. The van der Waals surface area contributed by atoms with Crippen molar-refractivity contribution >= 4 is 11.8 Å². The van der Waals surface area contributed by atoms with Gasteiger partial charge < -0.3 is 5.11 Å². The van der Waals surface area contributed by atoms with Crippen molar-refractivity contribution in [3.63, 3.8) is 0 Å². The molecule has 0 heterocycles. The normalized spacial score (nSPS) is 10.5. The molecule has 0 aromatic carbocycles. The molecule has 0 radical (unpaired) electrons. The Morgan fingerprint density at radius 3 is 1.50 bits per heavy atom. The maximum absolute atomic E-state index is 11.1. The topological polar surface area (TPSA) is 54.4 Å². The number of hydrogen-bond acceptors (Lipinski definition) is 2. The average Bonchev–Trinajstić information content (AvgIpc) is 2.35. The first-order valence-electron chi connectivity index (χ1n) is 7.40. The minimum Gasteiger partial charge on any atom is -0.481 e. The predicted molar refractivity (Wildman–Crippen MR) is 73.7 cm³/mol. The zero-order valence-electron chi connectivity index (χ0n) is 11.7. The Balaban J connectivity index is 3.03. The van der Waals surface area contributed by atoms with E-state index in [2.05, 4.69) is 0 Å². The van der Waals surface area contributed by atoms with Crippen LogP contribution in [0, 0.1) is 0 Å². The summed E-state index contributed by atoms with van der Waals surface area (Å²) in [4.78, 5) is 21.3. The summed E-state index contributed by atoms with van der Waals surface area (Å²) in [5.41, 5.74) is 0. The lowest BCUT2D eigenvalue weighted by molar-refractivity contribution is -0.137. The summed E-state index contributed by atoms with van der Waals surface area (Å²) < 4.78 is 0. The summed E-state index contributed by atoms with van der Waals surface area (Å²) in [6.45, 7) is 1.92. The zero-order valence-corrected chi connectivity index (χ0v) is 11.7. The minimum absolute atomic E-state index is 0.311. The van der Waals surface area contributed by atoms with E-state index in [0.717, 1.165) is 32.1 Å². The highest BCUT2D eigenvalue weighted by Crippen LogP contribution is 2.11. The van der Waals surface area contributed by atoms with Crippen LogP contribution in [-0.2, 0) is 9.59 Å². The number of rotatable bonds is 13. The number of hydrogen-bond donors (Lipinski definition) is 1. The number of unbranched alkanes of at least 4 members (excludes halogenated alkanes) is 8. The summed E-state index contributed by atoms with van der Waals surface area (Å²) in [6, 6.07) is 0. The van der Waals surface area contributed by atoms with Gasteiger partial charge in [-0.15, -0.1) is 0 Å². The van der Waals surface area contributed by atoms with Crippen LogP contribution < -0.4 is 0 Å². The molecule has 0 saturated carbocycles. The maximum Gasteiger partial charge on any atom is 0.303 e. The zero-order chi connectivity index (χ0) is 13.6. The van der Waals surface area contributed by atoms with Gasteiger partial charge in [0, 0.05) is 19.3 Å². The van der Waals surface area contributed by atoms with E-state index in [0.29, 0.717) is 18.6 Å².